The average Bonchev–Trinajstić information content (AvgIpc) is 3.00. The summed E-state index contributed by atoms with van der Waals surface area (Å²) in [4.78, 5) is 16.6. The molecule has 4 rings (SSSR count). The Hall–Kier alpha value is -1.92. The molecule has 26 heavy (non-hydrogen) atoms. The van der Waals surface area contributed by atoms with Crippen molar-refractivity contribution in [3.8, 4) is 5.88 Å². The zero-order chi connectivity index (χ0) is 18.1. The van der Waals surface area contributed by atoms with Crippen molar-refractivity contribution >= 4 is 27.1 Å². The van der Waals surface area contributed by atoms with Crippen molar-refractivity contribution in [2.45, 2.75) is 25.7 Å². The number of hydrogen-bond donors (Lipinski definition) is 0. The number of hydrogen-bond acceptors (Lipinski definition) is 6. The molecule has 3 heterocycles. The number of rotatable bonds is 5. The van der Waals surface area contributed by atoms with Crippen LogP contribution in [0.3, 0.4) is 0 Å². The van der Waals surface area contributed by atoms with Gasteiger partial charge in [0, 0.05) is 30.6 Å². The fourth-order valence-corrected chi connectivity index (χ4v) is 4.68. The molecule has 1 aliphatic carbocycles. The first-order valence-corrected chi connectivity index (χ1v) is 10.1. The number of fused-ring (bicyclic) bond motifs is 3. The Morgan fingerprint density at radius 1 is 1.23 bits per heavy atom. The van der Waals surface area contributed by atoms with Crippen LogP contribution >= 0.6 is 11.3 Å². The molecule has 0 aromatic carbocycles. The van der Waals surface area contributed by atoms with Gasteiger partial charge in [-0.15, -0.1) is 11.3 Å². The molecule has 0 bridgehead atoms. The third kappa shape index (κ3) is 3.48. The quantitative estimate of drug-likeness (QED) is 0.807. The number of nitrogens with zero attached hydrogens (tertiary/aromatic N) is 4. The third-order valence-corrected chi connectivity index (χ3v) is 6.11. The lowest BCUT2D eigenvalue weighted by Gasteiger charge is -2.17. The zero-order valence-corrected chi connectivity index (χ0v) is 16.6. The summed E-state index contributed by atoms with van der Waals surface area (Å²) in [7, 11) is 6.19. The number of aromatic nitrogens is 2. The van der Waals surface area contributed by atoms with Gasteiger partial charge in [0.05, 0.1) is 5.39 Å². The van der Waals surface area contributed by atoms with E-state index in [-0.39, 0.29) is 0 Å². The van der Waals surface area contributed by atoms with Crippen LogP contribution in [0, 0.1) is 0 Å². The number of likely N-dealkylation sites (N-methyl/N-ethyl adjacent to an activating group) is 2. The van der Waals surface area contributed by atoms with Gasteiger partial charge in [-0.3, -0.25) is 0 Å². The Labute approximate surface area is 159 Å². The van der Waals surface area contributed by atoms with Gasteiger partial charge in [0.25, 0.3) is 0 Å². The molecule has 0 saturated heterocycles. The molecule has 1 aliphatic heterocycles. The molecule has 2 aromatic rings. The van der Waals surface area contributed by atoms with Crippen molar-refractivity contribution in [1.82, 2.24) is 19.8 Å². The topological polar surface area (TPSA) is 41.5 Å². The van der Waals surface area contributed by atoms with Crippen molar-refractivity contribution in [3.05, 3.63) is 34.6 Å². The summed E-state index contributed by atoms with van der Waals surface area (Å²) in [6, 6.07) is 0. The van der Waals surface area contributed by atoms with Crippen LogP contribution in [-0.4, -0.2) is 60.6 Å². The summed E-state index contributed by atoms with van der Waals surface area (Å²) in [6.45, 7) is 2.40. The largest absolute Gasteiger partial charge is 0.476 e. The normalized spacial score (nSPS) is 16.9. The molecule has 0 spiro atoms. The molecule has 2 aliphatic rings. The van der Waals surface area contributed by atoms with Crippen molar-refractivity contribution in [2.24, 2.45) is 0 Å². The van der Waals surface area contributed by atoms with E-state index in [9.17, 15) is 0 Å². The van der Waals surface area contributed by atoms with Crippen LogP contribution in [0.2, 0.25) is 0 Å². The van der Waals surface area contributed by atoms with Gasteiger partial charge in [0.1, 0.15) is 11.4 Å². The highest BCUT2D eigenvalue weighted by Gasteiger charge is 2.22. The maximum absolute atomic E-state index is 6.16. The second-order valence-corrected chi connectivity index (χ2v) is 8.39. The first-order valence-electron chi connectivity index (χ1n) is 9.30. The number of ether oxygens (including phenoxy) is 1. The molecule has 2 aromatic heterocycles. The van der Waals surface area contributed by atoms with E-state index in [0.29, 0.717) is 6.61 Å². The van der Waals surface area contributed by atoms with E-state index >= 15 is 0 Å². The van der Waals surface area contributed by atoms with Gasteiger partial charge in [-0.05, 0) is 57.6 Å². The predicted molar refractivity (Wildman–Crippen MR) is 108 cm³/mol. The van der Waals surface area contributed by atoms with Crippen molar-refractivity contribution in [3.63, 3.8) is 0 Å². The number of thiophene rings is 1. The summed E-state index contributed by atoms with van der Waals surface area (Å²) in [5, 5.41) is 1.16. The van der Waals surface area contributed by atoms with Gasteiger partial charge in [0.2, 0.25) is 5.88 Å². The third-order valence-electron chi connectivity index (χ3n) is 4.92. The second kappa shape index (κ2) is 7.37. The summed E-state index contributed by atoms with van der Waals surface area (Å²) in [5.41, 5.74) is 2.50. The van der Waals surface area contributed by atoms with Crippen LogP contribution in [0.1, 0.15) is 29.1 Å². The van der Waals surface area contributed by atoms with Gasteiger partial charge in [-0.2, -0.15) is 4.98 Å². The summed E-state index contributed by atoms with van der Waals surface area (Å²) < 4.78 is 6.16. The van der Waals surface area contributed by atoms with Gasteiger partial charge in [-0.1, -0.05) is 6.08 Å². The van der Waals surface area contributed by atoms with Gasteiger partial charge in [-0.25, -0.2) is 4.98 Å². The molecule has 0 saturated carbocycles. The highest BCUT2D eigenvalue weighted by atomic mass is 32.1. The predicted octanol–water partition coefficient (Wildman–Crippen LogP) is 3.35. The molecular formula is C20H26N4OS. The van der Waals surface area contributed by atoms with Gasteiger partial charge >= 0.3 is 0 Å². The zero-order valence-electron chi connectivity index (χ0n) is 15.8. The van der Waals surface area contributed by atoms with E-state index in [1.54, 1.807) is 0 Å². The first kappa shape index (κ1) is 17.5. The lowest BCUT2D eigenvalue weighted by molar-refractivity contribution is 0.256. The van der Waals surface area contributed by atoms with Gasteiger partial charge in [0.15, 0.2) is 5.82 Å². The monoisotopic (exact) mass is 370 g/mol. The van der Waals surface area contributed by atoms with Gasteiger partial charge < -0.3 is 14.5 Å². The minimum atomic E-state index is 0.640. The summed E-state index contributed by atoms with van der Waals surface area (Å²) in [6.07, 6.45) is 11.1. The van der Waals surface area contributed by atoms with Crippen LogP contribution < -0.4 is 4.74 Å². The van der Waals surface area contributed by atoms with Crippen LogP contribution in [0.5, 0.6) is 5.88 Å². The molecule has 138 valence electrons. The Kier molecular flexibility index (Phi) is 4.96. The van der Waals surface area contributed by atoms with Crippen LogP contribution in [-0.2, 0) is 12.8 Å². The lowest BCUT2D eigenvalue weighted by Crippen LogP contribution is -2.20. The van der Waals surface area contributed by atoms with E-state index in [1.165, 1.54) is 23.3 Å². The van der Waals surface area contributed by atoms with E-state index in [1.807, 2.05) is 11.3 Å². The van der Waals surface area contributed by atoms with E-state index in [2.05, 4.69) is 49.3 Å². The van der Waals surface area contributed by atoms with Crippen molar-refractivity contribution in [2.75, 3.05) is 40.8 Å². The maximum Gasteiger partial charge on any atom is 0.226 e. The van der Waals surface area contributed by atoms with Crippen LogP contribution in [0.4, 0.5) is 0 Å². The minimum absolute atomic E-state index is 0.640. The standard InChI is InChI=1S/C20H26N4OS/c1-23(2)12-13-25-19-17-15-6-4-5-7-16(15)26-20(17)22-18(21-19)14-8-10-24(3)11-9-14/h8-10H,4-7,11-13H2,1-3H3. The second-order valence-electron chi connectivity index (χ2n) is 7.31. The fraction of sp³-hybridized carbons (Fsp3) is 0.500. The Balaban J connectivity index is 1.76. The molecule has 0 amide bonds. The van der Waals surface area contributed by atoms with Crippen molar-refractivity contribution < 1.29 is 4.74 Å². The lowest BCUT2D eigenvalue weighted by atomic mass is 9.97. The summed E-state index contributed by atoms with van der Waals surface area (Å²) in [5.74, 6) is 1.54. The van der Waals surface area contributed by atoms with E-state index in [4.69, 9.17) is 14.7 Å². The number of allylic oxidation sites excluding steroid dienone is 2. The molecule has 0 atom stereocenters. The first-order chi connectivity index (χ1) is 12.6. The van der Waals surface area contributed by atoms with Crippen LogP contribution in [0.15, 0.2) is 18.4 Å². The van der Waals surface area contributed by atoms with E-state index in [0.717, 1.165) is 53.4 Å². The number of aryl methyl sites for hydroxylation is 2. The maximum atomic E-state index is 6.16. The van der Waals surface area contributed by atoms with E-state index < -0.39 is 0 Å². The Morgan fingerprint density at radius 2 is 2.08 bits per heavy atom. The highest BCUT2D eigenvalue weighted by molar-refractivity contribution is 7.18. The molecular weight excluding hydrogens is 344 g/mol. The molecule has 0 unspecified atom stereocenters. The minimum Gasteiger partial charge on any atom is -0.476 e. The average molecular weight is 371 g/mol. The molecule has 0 radical (unpaired) electrons. The molecule has 6 heteroatoms. The Morgan fingerprint density at radius 3 is 2.85 bits per heavy atom. The molecule has 0 N–H and O–H groups in total. The molecule has 5 nitrogen and oxygen atoms in total. The summed E-state index contributed by atoms with van der Waals surface area (Å²) >= 11 is 1.83. The smallest absolute Gasteiger partial charge is 0.226 e. The van der Waals surface area contributed by atoms with Crippen LogP contribution in [0.25, 0.3) is 15.8 Å². The molecule has 0 fully saturated rings. The Bertz CT molecular complexity index is 868. The fourth-order valence-electron chi connectivity index (χ4n) is 3.43. The highest BCUT2D eigenvalue weighted by Crippen LogP contribution is 2.40. The SMILES string of the molecule is CN(C)CCOc1nc(C2=CCN(C)C=C2)nc2sc3c(c12)CCCC3. The van der Waals surface area contributed by atoms with Crippen molar-refractivity contribution in [1.29, 1.82) is 0 Å².